The molecule has 2 rings (SSSR count). The van der Waals surface area contributed by atoms with Crippen LogP contribution in [0.3, 0.4) is 0 Å². The molecule has 1 fully saturated rings. The zero-order chi connectivity index (χ0) is 13.1. The normalized spacial score (nSPS) is 21.7. The number of rotatable bonds is 5. The molecule has 4 heteroatoms. The van der Waals surface area contributed by atoms with Gasteiger partial charge in [-0.05, 0) is 30.0 Å². The first-order valence-corrected chi connectivity index (χ1v) is 6.25. The first kappa shape index (κ1) is 13.0. The summed E-state index contributed by atoms with van der Waals surface area (Å²) in [6.45, 7) is 2.82. The summed E-state index contributed by atoms with van der Waals surface area (Å²) in [5.74, 6) is -0.395. The Morgan fingerprint density at radius 1 is 1.56 bits per heavy atom. The fourth-order valence-corrected chi connectivity index (χ4v) is 2.14. The van der Waals surface area contributed by atoms with Gasteiger partial charge in [-0.2, -0.15) is 0 Å². The third-order valence-corrected chi connectivity index (χ3v) is 3.45. The second-order valence-corrected chi connectivity index (χ2v) is 4.70. The van der Waals surface area contributed by atoms with Gasteiger partial charge in [-0.3, -0.25) is 0 Å². The molecule has 1 aliphatic rings. The summed E-state index contributed by atoms with van der Waals surface area (Å²) in [4.78, 5) is 11.2. The molecule has 1 aliphatic carbocycles. The van der Waals surface area contributed by atoms with Crippen LogP contribution in [0.25, 0.3) is 0 Å². The zero-order valence-electron chi connectivity index (χ0n) is 10.7. The van der Waals surface area contributed by atoms with Gasteiger partial charge in [-0.25, -0.2) is 9.18 Å². The minimum absolute atomic E-state index is 0.0147. The molecule has 0 spiro atoms. The average molecular weight is 251 g/mol. The molecule has 0 bridgehead atoms. The van der Waals surface area contributed by atoms with Crippen molar-refractivity contribution in [3.05, 3.63) is 35.1 Å². The molecule has 18 heavy (non-hydrogen) atoms. The predicted molar refractivity (Wildman–Crippen MR) is 66.8 cm³/mol. The first-order valence-electron chi connectivity index (χ1n) is 6.25. The minimum atomic E-state index is -0.639. The number of carbonyl (C=O) groups is 1. The molecule has 98 valence electrons. The van der Waals surface area contributed by atoms with Crippen LogP contribution in [-0.4, -0.2) is 19.1 Å². The lowest BCUT2D eigenvalue weighted by molar-refractivity contribution is 0.0595. The number of benzene rings is 1. The Bertz CT molecular complexity index is 447. The fraction of sp³-hybridized carbons (Fsp3) is 0.500. The predicted octanol–water partition coefficient (Wildman–Crippen LogP) is 2.50. The summed E-state index contributed by atoms with van der Waals surface area (Å²) in [6, 6.07) is 5.19. The van der Waals surface area contributed by atoms with Crippen LogP contribution in [0, 0.1) is 11.7 Å². The van der Waals surface area contributed by atoms with Crippen LogP contribution in [-0.2, 0) is 11.3 Å². The van der Waals surface area contributed by atoms with Crippen LogP contribution in [0.4, 0.5) is 4.39 Å². The highest BCUT2D eigenvalue weighted by atomic mass is 19.1. The van der Waals surface area contributed by atoms with E-state index < -0.39 is 11.8 Å². The van der Waals surface area contributed by atoms with E-state index in [1.807, 2.05) is 0 Å². The Kier molecular flexibility index (Phi) is 3.97. The second-order valence-electron chi connectivity index (χ2n) is 4.70. The van der Waals surface area contributed by atoms with E-state index in [4.69, 9.17) is 0 Å². The van der Waals surface area contributed by atoms with E-state index in [0.717, 1.165) is 11.5 Å². The summed E-state index contributed by atoms with van der Waals surface area (Å²) < 4.78 is 18.1. The second kappa shape index (κ2) is 5.48. The number of esters is 1. The highest BCUT2D eigenvalue weighted by Gasteiger charge is 2.34. The van der Waals surface area contributed by atoms with Crippen molar-refractivity contribution in [3.8, 4) is 0 Å². The van der Waals surface area contributed by atoms with Gasteiger partial charge in [0.15, 0.2) is 0 Å². The number of ether oxygens (including phenoxy) is 1. The molecule has 2 atom stereocenters. The Hall–Kier alpha value is -1.42. The van der Waals surface area contributed by atoms with Gasteiger partial charge in [0.25, 0.3) is 0 Å². The SMILES string of the molecule is CCC1CC1NCc1ccc(C(=O)OC)c(F)c1. The van der Waals surface area contributed by atoms with Crippen molar-refractivity contribution >= 4 is 5.97 Å². The molecular formula is C14H18FNO2. The summed E-state index contributed by atoms with van der Waals surface area (Å²) >= 11 is 0. The minimum Gasteiger partial charge on any atom is -0.465 e. The Morgan fingerprint density at radius 3 is 2.89 bits per heavy atom. The lowest BCUT2D eigenvalue weighted by Crippen LogP contribution is -2.17. The molecule has 0 aliphatic heterocycles. The smallest absolute Gasteiger partial charge is 0.340 e. The van der Waals surface area contributed by atoms with Crippen LogP contribution in [0.1, 0.15) is 35.7 Å². The van der Waals surface area contributed by atoms with Crippen molar-refractivity contribution in [1.29, 1.82) is 0 Å². The van der Waals surface area contributed by atoms with Crippen LogP contribution in [0.2, 0.25) is 0 Å². The van der Waals surface area contributed by atoms with Gasteiger partial charge >= 0.3 is 5.97 Å². The van der Waals surface area contributed by atoms with E-state index in [0.29, 0.717) is 12.6 Å². The van der Waals surface area contributed by atoms with Crippen LogP contribution >= 0.6 is 0 Å². The van der Waals surface area contributed by atoms with Gasteiger partial charge in [-0.15, -0.1) is 0 Å². The zero-order valence-corrected chi connectivity index (χ0v) is 10.7. The third-order valence-electron chi connectivity index (χ3n) is 3.45. The van der Waals surface area contributed by atoms with Crippen LogP contribution < -0.4 is 5.32 Å². The van der Waals surface area contributed by atoms with Crippen molar-refractivity contribution in [3.63, 3.8) is 0 Å². The maximum Gasteiger partial charge on any atom is 0.340 e. The summed E-state index contributed by atoms with van der Waals surface area (Å²) in [5, 5.41) is 3.38. The largest absolute Gasteiger partial charge is 0.465 e. The summed E-state index contributed by atoms with van der Waals surface area (Å²) in [6.07, 6.45) is 2.40. The Labute approximate surface area is 106 Å². The highest BCUT2D eigenvalue weighted by molar-refractivity contribution is 5.89. The number of hydrogen-bond donors (Lipinski definition) is 1. The van der Waals surface area contributed by atoms with Gasteiger partial charge in [0.05, 0.1) is 12.7 Å². The maximum atomic E-state index is 13.6. The van der Waals surface area contributed by atoms with E-state index in [2.05, 4.69) is 17.0 Å². The van der Waals surface area contributed by atoms with Crippen molar-refractivity contribution in [2.24, 2.45) is 5.92 Å². The molecule has 2 unspecified atom stereocenters. The summed E-state index contributed by atoms with van der Waals surface area (Å²) in [5.41, 5.74) is 0.834. The molecule has 0 heterocycles. The van der Waals surface area contributed by atoms with Gasteiger partial charge in [0.2, 0.25) is 0 Å². The van der Waals surface area contributed by atoms with Crippen molar-refractivity contribution in [2.75, 3.05) is 7.11 Å². The highest BCUT2D eigenvalue weighted by Crippen LogP contribution is 2.33. The van der Waals surface area contributed by atoms with Gasteiger partial charge in [0, 0.05) is 12.6 Å². The Morgan fingerprint density at radius 2 is 2.33 bits per heavy atom. The number of methoxy groups -OCH3 is 1. The van der Waals surface area contributed by atoms with Crippen LogP contribution in [0.15, 0.2) is 18.2 Å². The standard InChI is InChI=1S/C14H18FNO2/c1-3-10-7-13(10)16-8-9-4-5-11(12(15)6-9)14(17)18-2/h4-6,10,13,16H,3,7-8H2,1-2H3. The Balaban J connectivity index is 1.94. The molecule has 0 radical (unpaired) electrons. The molecule has 3 nitrogen and oxygen atoms in total. The quantitative estimate of drug-likeness (QED) is 0.817. The molecule has 1 N–H and O–H groups in total. The fourth-order valence-electron chi connectivity index (χ4n) is 2.14. The molecule has 1 saturated carbocycles. The number of nitrogens with one attached hydrogen (secondary N) is 1. The van der Waals surface area contributed by atoms with Crippen molar-refractivity contribution < 1.29 is 13.9 Å². The molecule has 0 saturated heterocycles. The van der Waals surface area contributed by atoms with E-state index in [9.17, 15) is 9.18 Å². The number of carbonyl (C=O) groups excluding carboxylic acids is 1. The van der Waals surface area contributed by atoms with Gasteiger partial charge in [-0.1, -0.05) is 19.4 Å². The van der Waals surface area contributed by atoms with Crippen molar-refractivity contribution in [2.45, 2.75) is 32.4 Å². The van der Waals surface area contributed by atoms with Crippen molar-refractivity contribution in [1.82, 2.24) is 5.32 Å². The average Bonchev–Trinajstić information content (AvgIpc) is 3.14. The molecule has 0 amide bonds. The third kappa shape index (κ3) is 2.88. The molecule has 0 aromatic heterocycles. The molecule has 1 aromatic carbocycles. The topological polar surface area (TPSA) is 38.3 Å². The number of halogens is 1. The van der Waals surface area contributed by atoms with E-state index in [1.165, 1.54) is 32.1 Å². The monoisotopic (exact) mass is 251 g/mol. The lowest BCUT2D eigenvalue weighted by atomic mass is 10.1. The van der Waals surface area contributed by atoms with E-state index in [1.54, 1.807) is 6.07 Å². The maximum absolute atomic E-state index is 13.6. The van der Waals surface area contributed by atoms with E-state index >= 15 is 0 Å². The first-order chi connectivity index (χ1) is 8.65. The number of hydrogen-bond acceptors (Lipinski definition) is 3. The van der Waals surface area contributed by atoms with Crippen LogP contribution in [0.5, 0.6) is 0 Å². The molecular weight excluding hydrogens is 233 g/mol. The summed E-state index contributed by atoms with van der Waals surface area (Å²) in [7, 11) is 1.25. The molecule has 1 aromatic rings. The lowest BCUT2D eigenvalue weighted by Gasteiger charge is -2.06. The van der Waals surface area contributed by atoms with E-state index in [-0.39, 0.29) is 5.56 Å². The van der Waals surface area contributed by atoms with Gasteiger partial charge < -0.3 is 10.1 Å². The van der Waals surface area contributed by atoms with Gasteiger partial charge in [0.1, 0.15) is 5.82 Å².